The quantitative estimate of drug-likeness (QED) is 0.766. The van der Waals surface area contributed by atoms with Crippen LogP contribution in [0.4, 0.5) is 0 Å². The standard InChI is InChI=1S/C16H15Cl2NO3/c1-19(21-2)16(20)13-5-3-4-6-15(13)22-10-11-7-8-12(17)9-14(11)18/h3-9H,10H2,1-2H3. The van der Waals surface area contributed by atoms with E-state index in [2.05, 4.69) is 0 Å². The van der Waals surface area contributed by atoms with Crippen LogP contribution in [0.25, 0.3) is 0 Å². The molecule has 116 valence electrons. The Morgan fingerprint density at radius 3 is 2.59 bits per heavy atom. The molecular weight excluding hydrogens is 325 g/mol. The highest BCUT2D eigenvalue weighted by Crippen LogP contribution is 2.25. The number of para-hydroxylation sites is 1. The monoisotopic (exact) mass is 339 g/mol. The van der Waals surface area contributed by atoms with Crippen molar-refractivity contribution in [3.8, 4) is 5.75 Å². The van der Waals surface area contributed by atoms with Crippen LogP contribution >= 0.6 is 23.2 Å². The van der Waals surface area contributed by atoms with E-state index in [0.29, 0.717) is 21.4 Å². The maximum absolute atomic E-state index is 12.2. The van der Waals surface area contributed by atoms with E-state index in [0.717, 1.165) is 10.6 Å². The highest BCUT2D eigenvalue weighted by Gasteiger charge is 2.16. The van der Waals surface area contributed by atoms with Crippen LogP contribution in [0.15, 0.2) is 42.5 Å². The van der Waals surface area contributed by atoms with E-state index in [1.165, 1.54) is 14.2 Å². The maximum atomic E-state index is 12.2. The normalized spacial score (nSPS) is 10.4. The minimum Gasteiger partial charge on any atom is -0.488 e. The van der Waals surface area contributed by atoms with Crippen LogP contribution in [0, 0.1) is 0 Å². The second kappa shape index (κ2) is 7.49. The average molecular weight is 340 g/mol. The summed E-state index contributed by atoms with van der Waals surface area (Å²) in [6.07, 6.45) is 0. The van der Waals surface area contributed by atoms with Gasteiger partial charge in [0.15, 0.2) is 0 Å². The first kappa shape index (κ1) is 16.6. The zero-order chi connectivity index (χ0) is 16.1. The topological polar surface area (TPSA) is 38.8 Å². The van der Waals surface area contributed by atoms with Crippen molar-refractivity contribution in [3.63, 3.8) is 0 Å². The van der Waals surface area contributed by atoms with Gasteiger partial charge >= 0.3 is 0 Å². The molecule has 2 rings (SSSR count). The fraction of sp³-hybridized carbons (Fsp3) is 0.188. The van der Waals surface area contributed by atoms with Gasteiger partial charge < -0.3 is 4.74 Å². The summed E-state index contributed by atoms with van der Waals surface area (Å²) in [7, 11) is 2.96. The number of nitrogens with zero attached hydrogens (tertiary/aromatic N) is 1. The van der Waals surface area contributed by atoms with E-state index < -0.39 is 0 Å². The molecule has 6 heteroatoms. The van der Waals surface area contributed by atoms with E-state index in [9.17, 15) is 4.79 Å². The van der Waals surface area contributed by atoms with Crippen molar-refractivity contribution in [1.82, 2.24) is 5.06 Å². The fourth-order valence-electron chi connectivity index (χ4n) is 1.82. The molecule has 0 atom stereocenters. The summed E-state index contributed by atoms with van der Waals surface area (Å²) in [5.41, 5.74) is 1.20. The number of hydrogen-bond acceptors (Lipinski definition) is 3. The summed E-state index contributed by atoms with van der Waals surface area (Å²) >= 11 is 12.0. The molecule has 0 spiro atoms. The Labute approximate surface area is 139 Å². The molecule has 2 aromatic carbocycles. The first-order valence-electron chi connectivity index (χ1n) is 6.51. The Morgan fingerprint density at radius 1 is 1.18 bits per heavy atom. The van der Waals surface area contributed by atoms with E-state index >= 15 is 0 Å². The number of hydrogen-bond donors (Lipinski definition) is 0. The Morgan fingerprint density at radius 2 is 1.91 bits per heavy atom. The predicted molar refractivity (Wildman–Crippen MR) is 86.3 cm³/mol. The lowest BCUT2D eigenvalue weighted by Crippen LogP contribution is -2.25. The molecule has 0 heterocycles. The molecule has 1 amide bonds. The molecule has 0 radical (unpaired) electrons. The van der Waals surface area contributed by atoms with Crippen LogP contribution in [-0.4, -0.2) is 25.1 Å². The predicted octanol–water partition coefficient (Wildman–Crippen LogP) is 4.21. The zero-order valence-corrected chi connectivity index (χ0v) is 13.7. The number of amides is 1. The lowest BCUT2D eigenvalue weighted by Gasteiger charge is -2.16. The Bertz CT molecular complexity index is 676. The summed E-state index contributed by atoms with van der Waals surface area (Å²) in [6, 6.07) is 12.1. The minimum absolute atomic E-state index is 0.233. The first-order chi connectivity index (χ1) is 10.5. The van der Waals surface area contributed by atoms with Crippen molar-refractivity contribution in [2.75, 3.05) is 14.2 Å². The lowest BCUT2D eigenvalue weighted by atomic mass is 10.2. The highest BCUT2D eigenvalue weighted by atomic mass is 35.5. The van der Waals surface area contributed by atoms with Crippen molar-refractivity contribution >= 4 is 29.1 Å². The van der Waals surface area contributed by atoms with Crippen LogP contribution in [0.3, 0.4) is 0 Å². The van der Waals surface area contributed by atoms with Gasteiger partial charge in [-0.2, -0.15) is 0 Å². The number of benzene rings is 2. The van der Waals surface area contributed by atoms with Gasteiger partial charge in [0.1, 0.15) is 12.4 Å². The van der Waals surface area contributed by atoms with Crippen molar-refractivity contribution in [2.45, 2.75) is 6.61 Å². The van der Waals surface area contributed by atoms with E-state index in [1.54, 1.807) is 42.5 Å². The van der Waals surface area contributed by atoms with Gasteiger partial charge in [-0.05, 0) is 24.3 Å². The summed E-state index contributed by atoms with van der Waals surface area (Å²) in [4.78, 5) is 17.1. The van der Waals surface area contributed by atoms with Crippen LogP contribution in [-0.2, 0) is 11.4 Å². The van der Waals surface area contributed by atoms with Gasteiger partial charge in [0.2, 0.25) is 0 Å². The molecule has 0 aliphatic rings. The molecule has 4 nitrogen and oxygen atoms in total. The third-order valence-electron chi connectivity index (χ3n) is 3.08. The van der Waals surface area contributed by atoms with Crippen molar-refractivity contribution in [2.24, 2.45) is 0 Å². The van der Waals surface area contributed by atoms with Gasteiger partial charge in [-0.25, -0.2) is 5.06 Å². The molecule has 0 saturated heterocycles. The molecule has 0 saturated carbocycles. The third kappa shape index (κ3) is 3.91. The van der Waals surface area contributed by atoms with E-state index in [-0.39, 0.29) is 12.5 Å². The number of hydroxylamine groups is 2. The van der Waals surface area contributed by atoms with Crippen molar-refractivity contribution in [1.29, 1.82) is 0 Å². The smallest absolute Gasteiger partial charge is 0.280 e. The summed E-state index contributed by atoms with van der Waals surface area (Å²) in [6.45, 7) is 0.233. The van der Waals surface area contributed by atoms with Gasteiger partial charge in [-0.15, -0.1) is 0 Å². The van der Waals surface area contributed by atoms with Gasteiger partial charge in [0, 0.05) is 22.7 Å². The molecule has 22 heavy (non-hydrogen) atoms. The molecule has 0 N–H and O–H groups in total. The Hall–Kier alpha value is -1.75. The Balaban J connectivity index is 2.18. The van der Waals surface area contributed by atoms with Gasteiger partial charge in [-0.3, -0.25) is 9.63 Å². The molecular formula is C16H15Cl2NO3. The summed E-state index contributed by atoms with van der Waals surface area (Å²) < 4.78 is 5.73. The van der Waals surface area contributed by atoms with Crippen LogP contribution in [0.5, 0.6) is 5.75 Å². The highest BCUT2D eigenvalue weighted by molar-refractivity contribution is 6.35. The second-order valence-electron chi connectivity index (χ2n) is 4.51. The van der Waals surface area contributed by atoms with Gasteiger partial charge in [-0.1, -0.05) is 41.4 Å². The second-order valence-corrected chi connectivity index (χ2v) is 5.35. The third-order valence-corrected chi connectivity index (χ3v) is 3.66. The molecule has 0 bridgehead atoms. The number of carbonyl (C=O) groups excluding carboxylic acids is 1. The van der Waals surface area contributed by atoms with Crippen molar-refractivity contribution in [3.05, 3.63) is 63.6 Å². The largest absolute Gasteiger partial charge is 0.488 e. The fourth-order valence-corrected chi connectivity index (χ4v) is 2.28. The van der Waals surface area contributed by atoms with Gasteiger partial charge in [0.05, 0.1) is 12.7 Å². The van der Waals surface area contributed by atoms with Crippen LogP contribution in [0.1, 0.15) is 15.9 Å². The first-order valence-corrected chi connectivity index (χ1v) is 7.26. The van der Waals surface area contributed by atoms with Gasteiger partial charge in [0.25, 0.3) is 5.91 Å². The summed E-state index contributed by atoms with van der Waals surface area (Å²) in [5, 5.41) is 2.22. The number of carbonyl (C=O) groups is 1. The minimum atomic E-state index is -0.291. The number of rotatable bonds is 5. The summed E-state index contributed by atoms with van der Waals surface area (Å²) in [5.74, 6) is 0.169. The molecule has 0 aliphatic heterocycles. The number of ether oxygens (including phenoxy) is 1. The lowest BCUT2D eigenvalue weighted by molar-refractivity contribution is -0.0758. The number of halogens is 2. The van der Waals surface area contributed by atoms with Crippen LogP contribution < -0.4 is 4.74 Å². The zero-order valence-electron chi connectivity index (χ0n) is 12.2. The molecule has 0 unspecified atom stereocenters. The van der Waals surface area contributed by atoms with Crippen molar-refractivity contribution < 1.29 is 14.4 Å². The average Bonchev–Trinajstić information content (AvgIpc) is 2.53. The molecule has 0 aliphatic carbocycles. The van der Waals surface area contributed by atoms with E-state index in [4.69, 9.17) is 32.8 Å². The molecule has 0 fully saturated rings. The van der Waals surface area contributed by atoms with Crippen LogP contribution in [0.2, 0.25) is 10.0 Å². The Kier molecular flexibility index (Phi) is 5.66. The van der Waals surface area contributed by atoms with E-state index in [1.807, 2.05) is 0 Å². The SMILES string of the molecule is CON(C)C(=O)c1ccccc1OCc1ccc(Cl)cc1Cl. The molecule has 2 aromatic rings. The molecule has 0 aromatic heterocycles. The maximum Gasteiger partial charge on any atom is 0.280 e.